The van der Waals surface area contributed by atoms with Crippen LogP contribution in [0.1, 0.15) is 18.5 Å². The van der Waals surface area contributed by atoms with Gasteiger partial charge in [-0.05, 0) is 25.1 Å². The maximum Gasteiger partial charge on any atom is 0.312 e. The van der Waals surface area contributed by atoms with Gasteiger partial charge in [-0.15, -0.1) is 0 Å². The summed E-state index contributed by atoms with van der Waals surface area (Å²) >= 11 is 12.0. The standard InChI is InChI=1S/C13H13Cl2N3O2/c1-6(13(19)20)11-10(16)12(18(2)17-11)8-4-3-7(14)5-9(8)15/h3-6H,16H2,1-2H3,(H,19,20). The Morgan fingerprint density at radius 3 is 2.65 bits per heavy atom. The monoisotopic (exact) mass is 313 g/mol. The molecule has 1 aromatic carbocycles. The summed E-state index contributed by atoms with van der Waals surface area (Å²) in [6, 6.07) is 5.02. The van der Waals surface area contributed by atoms with E-state index < -0.39 is 11.9 Å². The van der Waals surface area contributed by atoms with Crippen LogP contribution >= 0.6 is 23.2 Å². The fraction of sp³-hybridized carbons (Fsp3) is 0.231. The number of halogens is 2. The smallest absolute Gasteiger partial charge is 0.312 e. The SMILES string of the molecule is CC(C(=O)O)c1nn(C)c(-c2ccc(Cl)cc2Cl)c1N. The average molecular weight is 314 g/mol. The van der Waals surface area contributed by atoms with E-state index >= 15 is 0 Å². The van der Waals surface area contributed by atoms with E-state index in [0.29, 0.717) is 32.7 Å². The molecule has 106 valence electrons. The Bertz CT molecular complexity index is 682. The van der Waals surface area contributed by atoms with Gasteiger partial charge in [0.2, 0.25) is 0 Å². The van der Waals surface area contributed by atoms with E-state index in [0.717, 1.165) is 0 Å². The highest BCUT2D eigenvalue weighted by Crippen LogP contribution is 2.36. The molecule has 2 rings (SSSR count). The Labute approximate surface area is 125 Å². The molecule has 3 N–H and O–H groups in total. The van der Waals surface area contributed by atoms with Crippen LogP contribution < -0.4 is 5.73 Å². The summed E-state index contributed by atoms with van der Waals surface area (Å²) in [5.41, 5.74) is 7.91. The summed E-state index contributed by atoms with van der Waals surface area (Å²) < 4.78 is 1.53. The molecule has 0 aliphatic rings. The molecule has 0 saturated carbocycles. The van der Waals surface area contributed by atoms with Crippen molar-refractivity contribution < 1.29 is 9.90 Å². The molecule has 5 nitrogen and oxygen atoms in total. The maximum absolute atomic E-state index is 11.1. The van der Waals surface area contributed by atoms with Crippen LogP contribution in [-0.4, -0.2) is 20.9 Å². The number of nitrogens with two attached hydrogens (primary N) is 1. The lowest BCUT2D eigenvalue weighted by molar-refractivity contribution is -0.138. The van der Waals surface area contributed by atoms with E-state index in [1.54, 1.807) is 25.2 Å². The van der Waals surface area contributed by atoms with E-state index in [1.165, 1.54) is 11.6 Å². The lowest BCUT2D eigenvalue weighted by Crippen LogP contribution is -2.10. The van der Waals surface area contributed by atoms with Gasteiger partial charge in [0.15, 0.2) is 0 Å². The zero-order valence-corrected chi connectivity index (χ0v) is 12.4. The third-order valence-corrected chi connectivity index (χ3v) is 3.63. The second-order valence-corrected chi connectivity index (χ2v) is 5.30. The van der Waals surface area contributed by atoms with Gasteiger partial charge >= 0.3 is 5.97 Å². The fourth-order valence-corrected chi connectivity index (χ4v) is 2.50. The van der Waals surface area contributed by atoms with Gasteiger partial charge in [-0.25, -0.2) is 0 Å². The number of hydrogen-bond donors (Lipinski definition) is 2. The number of carboxylic acids is 1. The molecule has 2 aromatic rings. The van der Waals surface area contributed by atoms with E-state index in [-0.39, 0.29) is 0 Å². The minimum absolute atomic E-state index is 0.312. The van der Waals surface area contributed by atoms with Crippen molar-refractivity contribution in [3.63, 3.8) is 0 Å². The summed E-state index contributed by atoms with van der Waals surface area (Å²) in [6.45, 7) is 1.54. The number of benzene rings is 1. The Kier molecular flexibility index (Phi) is 3.92. The van der Waals surface area contributed by atoms with Crippen LogP contribution in [0.2, 0.25) is 10.0 Å². The van der Waals surface area contributed by atoms with Gasteiger partial charge in [0, 0.05) is 17.6 Å². The van der Waals surface area contributed by atoms with Crippen LogP contribution in [-0.2, 0) is 11.8 Å². The molecule has 0 aliphatic heterocycles. The highest BCUT2D eigenvalue weighted by molar-refractivity contribution is 6.36. The van der Waals surface area contributed by atoms with Gasteiger partial charge in [0.25, 0.3) is 0 Å². The molecule has 1 unspecified atom stereocenters. The summed E-state index contributed by atoms with van der Waals surface area (Å²) in [5.74, 6) is -1.77. The molecule has 0 aliphatic carbocycles. The molecular weight excluding hydrogens is 301 g/mol. The number of anilines is 1. The number of carbonyl (C=O) groups is 1. The van der Waals surface area contributed by atoms with Gasteiger partial charge in [0.05, 0.1) is 28.0 Å². The normalized spacial score (nSPS) is 12.4. The summed E-state index contributed by atoms with van der Waals surface area (Å²) in [5, 5.41) is 14.2. The predicted molar refractivity (Wildman–Crippen MR) is 79.1 cm³/mol. The molecule has 0 fully saturated rings. The van der Waals surface area contributed by atoms with Crippen LogP contribution in [0.4, 0.5) is 5.69 Å². The maximum atomic E-state index is 11.1. The number of hydrogen-bond acceptors (Lipinski definition) is 3. The van der Waals surface area contributed by atoms with Crippen molar-refractivity contribution in [1.29, 1.82) is 0 Å². The molecule has 1 aromatic heterocycles. The topological polar surface area (TPSA) is 81.1 Å². The van der Waals surface area contributed by atoms with Crippen molar-refractivity contribution in [2.75, 3.05) is 5.73 Å². The van der Waals surface area contributed by atoms with Gasteiger partial charge in [0.1, 0.15) is 0 Å². The molecule has 0 amide bonds. The van der Waals surface area contributed by atoms with Crippen LogP contribution in [0.25, 0.3) is 11.3 Å². The van der Waals surface area contributed by atoms with E-state index in [1.807, 2.05) is 0 Å². The van der Waals surface area contributed by atoms with Crippen molar-refractivity contribution in [2.24, 2.45) is 7.05 Å². The van der Waals surface area contributed by atoms with Crippen molar-refractivity contribution in [3.8, 4) is 11.3 Å². The Morgan fingerprint density at radius 2 is 2.10 bits per heavy atom. The number of aliphatic carboxylic acids is 1. The lowest BCUT2D eigenvalue weighted by Gasteiger charge is -2.07. The number of rotatable bonds is 3. The molecular formula is C13H13Cl2N3O2. The quantitative estimate of drug-likeness (QED) is 0.912. The Morgan fingerprint density at radius 1 is 1.45 bits per heavy atom. The first kappa shape index (κ1) is 14.7. The molecule has 0 saturated heterocycles. The van der Waals surface area contributed by atoms with Crippen LogP contribution in [0.3, 0.4) is 0 Å². The third-order valence-electron chi connectivity index (χ3n) is 3.08. The highest BCUT2D eigenvalue weighted by atomic mass is 35.5. The van der Waals surface area contributed by atoms with E-state index in [4.69, 9.17) is 34.0 Å². The zero-order valence-electron chi connectivity index (χ0n) is 10.9. The van der Waals surface area contributed by atoms with Crippen LogP contribution in [0.15, 0.2) is 18.2 Å². The van der Waals surface area contributed by atoms with Crippen LogP contribution in [0, 0.1) is 0 Å². The number of nitrogens with zero attached hydrogens (tertiary/aromatic N) is 2. The minimum atomic E-state index is -0.983. The van der Waals surface area contributed by atoms with E-state index in [9.17, 15) is 4.79 Å². The van der Waals surface area contributed by atoms with Crippen molar-refractivity contribution >= 4 is 34.9 Å². The second-order valence-electron chi connectivity index (χ2n) is 4.46. The van der Waals surface area contributed by atoms with Crippen molar-refractivity contribution in [3.05, 3.63) is 33.9 Å². The first-order chi connectivity index (χ1) is 9.32. The predicted octanol–water partition coefficient (Wildman–Crippen LogP) is 3.16. The summed E-state index contributed by atoms with van der Waals surface area (Å²) in [4.78, 5) is 11.1. The van der Waals surface area contributed by atoms with Crippen LogP contribution in [0.5, 0.6) is 0 Å². The highest BCUT2D eigenvalue weighted by Gasteiger charge is 2.25. The first-order valence-electron chi connectivity index (χ1n) is 5.83. The number of aryl methyl sites for hydroxylation is 1. The Hall–Kier alpha value is -1.72. The van der Waals surface area contributed by atoms with Gasteiger partial charge < -0.3 is 10.8 Å². The minimum Gasteiger partial charge on any atom is -0.481 e. The van der Waals surface area contributed by atoms with Gasteiger partial charge in [-0.3, -0.25) is 9.48 Å². The second kappa shape index (κ2) is 5.34. The lowest BCUT2D eigenvalue weighted by atomic mass is 10.0. The fourth-order valence-electron chi connectivity index (χ4n) is 2.00. The number of nitrogen functional groups attached to an aromatic ring is 1. The molecule has 0 spiro atoms. The van der Waals surface area contributed by atoms with Crippen molar-refractivity contribution in [1.82, 2.24) is 9.78 Å². The Balaban J connectivity index is 2.61. The van der Waals surface area contributed by atoms with Crippen molar-refractivity contribution in [2.45, 2.75) is 12.8 Å². The number of aromatic nitrogens is 2. The zero-order chi connectivity index (χ0) is 15.0. The summed E-state index contributed by atoms with van der Waals surface area (Å²) in [6.07, 6.45) is 0. The molecule has 1 atom stereocenters. The average Bonchev–Trinajstić information content (AvgIpc) is 2.65. The summed E-state index contributed by atoms with van der Waals surface area (Å²) in [7, 11) is 1.69. The van der Waals surface area contributed by atoms with E-state index in [2.05, 4.69) is 5.10 Å². The number of carboxylic acid groups (broad SMARTS) is 1. The third kappa shape index (κ3) is 2.46. The molecule has 20 heavy (non-hydrogen) atoms. The largest absolute Gasteiger partial charge is 0.481 e. The molecule has 0 radical (unpaired) electrons. The van der Waals surface area contributed by atoms with Gasteiger partial charge in [-0.2, -0.15) is 5.10 Å². The first-order valence-corrected chi connectivity index (χ1v) is 6.59. The molecule has 0 bridgehead atoms. The molecule has 7 heteroatoms. The van der Waals surface area contributed by atoms with Gasteiger partial charge in [-0.1, -0.05) is 23.2 Å². The molecule has 1 heterocycles.